The van der Waals surface area contributed by atoms with Crippen molar-refractivity contribution in [3.63, 3.8) is 0 Å². The average molecular weight is 250 g/mol. The summed E-state index contributed by atoms with van der Waals surface area (Å²) in [6.07, 6.45) is 1.65. The highest BCUT2D eigenvalue weighted by Gasteiger charge is 2.25. The maximum Gasteiger partial charge on any atom is 0.229 e. The van der Waals surface area contributed by atoms with Crippen LogP contribution in [0.15, 0.2) is 16.8 Å². The molecule has 2 rings (SSSR count). The summed E-state index contributed by atoms with van der Waals surface area (Å²) in [6.45, 7) is 5.90. The molecule has 1 unspecified atom stereocenters. The molecule has 1 N–H and O–H groups in total. The zero-order valence-electron chi connectivity index (χ0n) is 11.1. The highest BCUT2D eigenvalue weighted by Crippen LogP contribution is 2.22. The first-order valence-corrected chi connectivity index (χ1v) is 5.87. The third-order valence-corrected chi connectivity index (χ3v) is 2.78. The normalized spacial score (nSPS) is 13.8. The molecule has 2 heterocycles. The number of nitrogens with zero attached hydrogens (tertiary/aromatic N) is 4. The molecule has 6 nitrogen and oxygen atoms in total. The third-order valence-electron chi connectivity index (χ3n) is 2.78. The van der Waals surface area contributed by atoms with E-state index in [0.29, 0.717) is 23.8 Å². The minimum Gasteiger partial charge on any atom is -0.392 e. The highest BCUT2D eigenvalue weighted by molar-refractivity contribution is 5.46. The molecular weight excluding hydrogens is 232 g/mol. The Hall–Kier alpha value is -1.69. The molecule has 0 aliphatic carbocycles. The molecule has 0 fully saturated rings. The van der Waals surface area contributed by atoms with Gasteiger partial charge in [0.25, 0.3) is 0 Å². The lowest BCUT2D eigenvalue weighted by Crippen LogP contribution is -2.28. The van der Waals surface area contributed by atoms with E-state index in [2.05, 4.69) is 15.2 Å². The molecule has 0 radical (unpaired) electrons. The van der Waals surface area contributed by atoms with E-state index in [1.165, 1.54) is 0 Å². The van der Waals surface area contributed by atoms with E-state index in [-0.39, 0.29) is 5.41 Å². The molecule has 98 valence electrons. The summed E-state index contributed by atoms with van der Waals surface area (Å²) in [5, 5.41) is 18.0. The molecule has 1 atom stereocenters. The summed E-state index contributed by atoms with van der Waals surface area (Å²) < 4.78 is 6.80. The summed E-state index contributed by atoms with van der Waals surface area (Å²) in [5.74, 6) is 0.879. The number of aromatic nitrogens is 4. The van der Waals surface area contributed by atoms with Gasteiger partial charge in [-0.05, 0) is 11.5 Å². The van der Waals surface area contributed by atoms with E-state index < -0.39 is 6.10 Å². The minimum atomic E-state index is -0.519. The quantitative estimate of drug-likeness (QED) is 0.891. The molecule has 0 aromatic carbocycles. The van der Waals surface area contributed by atoms with Crippen LogP contribution in [0.3, 0.4) is 0 Å². The Kier molecular flexibility index (Phi) is 3.21. The van der Waals surface area contributed by atoms with Crippen LogP contribution in [-0.4, -0.2) is 31.1 Å². The molecule has 2 aromatic heterocycles. The zero-order chi connectivity index (χ0) is 13.3. The monoisotopic (exact) mass is 250 g/mol. The van der Waals surface area contributed by atoms with Crippen molar-refractivity contribution in [3.05, 3.63) is 18.2 Å². The van der Waals surface area contributed by atoms with Crippen molar-refractivity contribution in [1.82, 2.24) is 19.9 Å². The van der Waals surface area contributed by atoms with Crippen LogP contribution in [0.25, 0.3) is 11.5 Å². The van der Waals surface area contributed by atoms with Crippen LogP contribution in [-0.2, 0) is 13.5 Å². The van der Waals surface area contributed by atoms with E-state index in [1.807, 2.05) is 40.1 Å². The fraction of sp³-hybridized carbons (Fsp3) is 0.583. The van der Waals surface area contributed by atoms with E-state index in [0.717, 1.165) is 0 Å². The Labute approximate surface area is 106 Å². The lowest BCUT2D eigenvalue weighted by molar-refractivity contribution is 0.0565. The van der Waals surface area contributed by atoms with Gasteiger partial charge in [0.2, 0.25) is 11.7 Å². The molecule has 0 saturated carbocycles. The van der Waals surface area contributed by atoms with Crippen molar-refractivity contribution in [2.45, 2.75) is 33.3 Å². The molecule has 6 heteroatoms. The summed E-state index contributed by atoms with van der Waals surface area (Å²) in [5.41, 5.74) is 0.456. The van der Waals surface area contributed by atoms with E-state index >= 15 is 0 Å². The smallest absolute Gasteiger partial charge is 0.229 e. The Morgan fingerprint density at radius 3 is 2.72 bits per heavy atom. The van der Waals surface area contributed by atoms with Crippen LogP contribution in [0.2, 0.25) is 0 Å². The van der Waals surface area contributed by atoms with Crippen molar-refractivity contribution in [3.8, 4) is 11.5 Å². The summed E-state index contributed by atoms with van der Waals surface area (Å²) in [7, 11) is 1.83. The zero-order valence-corrected chi connectivity index (χ0v) is 11.1. The second kappa shape index (κ2) is 4.53. The van der Waals surface area contributed by atoms with Crippen LogP contribution >= 0.6 is 0 Å². The van der Waals surface area contributed by atoms with Crippen molar-refractivity contribution in [2.75, 3.05) is 0 Å². The maximum atomic E-state index is 9.98. The van der Waals surface area contributed by atoms with Gasteiger partial charge in [0.15, 0.2) is 0 Å². The van der Waals surface area contributed by atoms with Crippen LogP contribution in [0.5, 0.6) is 0 Å². The van der Waals surface area contributed by atoms with Gasteiger partial charge in [0.05, 0.1) is 12.5 Å². The SMILES string of the molecule is Cn1ccc(-c2noc(CC(O)C(C)(C)C)n2)n1. The first-order chi connectivity index (χ1) is 8.36. The van der Waals surface area contributed by atoms with Crippen molar-refractivity contribution >= 4 is 0 Å². The molecule has 0 saturated heterocycles. The van der Waals surface area contributed by atoms with Crippen LogP contribution in [0.4, 0.5) is 0 Å². The van der Waals surface area contributed by atoms with Gasteiger partial charge in [0.1, 0.15) is 5.69 Å². The maximum absolute atomic E-state index is 9.98. The van der Waals surface area contributed by atoms with Gasteiger partial charge < -0.3 is 9.63 Å². The van der Waals surface area contributed by atoms with Gasteiger partial charge in [0, 0.05) is 13.2 Å². The fourth-order valence-electron chi connectivity index (χ4n) is 1.45. The Morgan fingerprint density at radius 1 is 1.44 bits per heavy atom. The standard InChI is InChI=1S/C12H18N4O2/c1-12(2,3)9(17)7-10-13-11(15-18-10)8-5-6-16(4)14-8/h5-6,9,17H,7H2,1-4H3. The molecule has 0 bridgehead atoms. The van der Waals surface area contributed by atoms with Crippen molar-refractivity contribution in [2.24, 2.45) is 12.5 Å². The van der Waals surface area contributed by atoms with E-state index in [1.54, 1.807) is 4.68 Å². The molecular formula is C12H18N4O2. The predicted molar refractivity (Wildman–Crippen MR) is 65.7 cm³/mol. The molecule has 18 heavy (non-hydrogen) atoms. The van der Waals surface area contributed by atoms with Gasteiger partial charge in [-0.25, -0.2) is 0 Å². The fourth-order valence-corrected chi connectivity index (χ4v) is 1.45. The van der Waals surface area contributed by atoms with Crippen LogP contribution < -0.4 is 0 Å². The number of rotatable bonds is 3. The van der Waals surface area contributed by atoms with Gasteiger partial charge in [-0.3, -0.25) is 4.68 Å². The molecule has 0 aliphatic rings. The second-order valence-electron chi connectivity index (χ2n) is 5.47. The second-order valence-corrected chi connectivity index (χ2v) is 5.47. The summed E-state index contributed by atoms with van der Waals surface area (Å²) >= 11 is 0. The number of hydrogen-bond acceptors (Lipinski definition) is 5. The van der Waals surface area contributed by atoms with Gasteiger partial charge in [-0.15, -0.1) is 0 Å². The first kappa shape index (κ1) is 12.8. The largest absolute Gasteiger partial charge is 0.392 e. The predicted octanol–water partition coefficient (Wildman–Crippen LogP) is 1.42. The number of aliphatic hydroxyl groups excluding tert-OH is 1. The molecule has 0 spiro atoms. The molecule has 0 amide bonds. The van der Waals surface area contributed by atoms with Gasteiger partial charge in [-0.1, -0.05) is 25.9 Å². The highest BCUT2D eigenvalue weighted by atomic mass is 16.5. The number of aliphatic hydroxyl groups is 1. The number of hydrogen-bond donors (Lipinski definition) is 1. The average Bonchev–Trinajstić information content (AvgIpc) is 2.85. The van der Waals surface area contributed by atoms with E-state index in [4.69, 9.17) is 4.52 Å². The van der Waals surface area contributed by atoms with Crippen molar-refractivity contribution in [1.29, 1.82) is 0 Å². The summed E-state index contributed by atoms with van der Waals surface area (Å²) in [6, 6.07) is 1.81. The van der Waals surface area contributed by atoms with Crippen molar-refractivity contribution < 1.29 is 9.63 Å². The lowest BCUT2D eigenvalue weighted by atomic mass is 9.87. The molecule has 0 aliphatic heterocycles. The molecule has 2 aromatic rings. The van der Waals surface area contributed by atoms with Gasteiger partial charge in [-0.2, -0.15) is 10.1 Å². The number of aryl methyl sites for hydroxylation is 1. The van der Waals surface area contributed by atoms with Crippen LogP contribution in [0.1, 0.15) is 26.7 Å². The van der Waals surface area contributed by atoms with Gasteiger partial charge >= 0.3 is 0 Å². The topological polar surface area (TPSA) is 77.0 Å². The minimum absolute atomic E-state index is 0.209. The Morgan fingerprint density at radius 2 is 2.17 bits per heavy atom. The van der Waals surface area contributed by atoms with Crippen LogP contribution in [0, 0.1) is 5.41 Å². The van der Waals surface area contributed by atoms with E-state index in [9.17, 15) is 5.11 Å². The summed E-state index contributed by atoms with van der Waals surface area (Å²) in [4.78, 5) is 4.23. The first-order valence-electron chi connectivity index (χ1n) is 5.87. The lowest BCUT2D eigenvalue weighted by Gasteiger charge is -2.24. The third kappa shape index (κ3) is 2.76. The Bertz CT molecular complexity index is 524. The Balaban J connectivity index is 2.12.